The topological polar surface area (TPSA) is 95.6 Å². The molecule has 1 heterocycles. The fourth-order valence-corrected chi connectivity index (χ4v) is 3.94. The predicted octanol–water partition coefficient (Wildman–Crippen LogP) is 2.34. The van der Waals surface area contributed by atoms with E-state index in [-0.39, 0.29) is 39.4 Å². The van der Waals surface area contributed by atoms with E-state index in [1.165, 1.54) is 35.2 Å². The first-order chi connectivity index (χ1) is 12.2. The Hall–Kier alpha value is -2.58. The number of hydrogen-bond donors (Lipinski definition) is 2. The van der Waals surface area contributed by atoms with E-state index >= 15 is 0 Å². The molecule has 0 aromatic heterocycles. The van der Waals surface area contributed by atoms with Crippen LogP contribution >= 0.6 is 11.6 Å². The first-order valence-corrected chi connectivity index (χ1v) is 9.50. The van der Waals surface area contributed by atoms with Gasteiger partial charge in [0.1, 0.15) is 0 Å². The van der Waals surface area contributed by atoms with Crippen molar-refractivity contribution >= 4 is 44.8 Å². The number of rotatable bonds is 4. The Morgan fingerprint density at radius 3 is 2.58 bits per heavy atom. The van der Waals surface area contributed by atoms with Gasteiger partial charge in [-0.3, -0.25) is 14.3 Å². The smallest absolute Gasteiger partial charge is 0.261 e. The largest absolute Gasteiger partial charge is 0.345 e. The summed E-state index contributed by atoms with van der Waals surface area (Å²) in [5.74, 6) is -0.448. The van der Waals surface area contributed by atoms with E-state index in [1.54, 1.807) is 20.2 Å². The minimum Gasteiger partial charge on any atom is -0.345 e. The molecule has 136 valence electrons. The van der Waals surface area contributed by atoms with Crippen molar-refractivity contribution in [1.82, 2.24) is 4.90 Å². The van der Waals surface area contributed by atoms with Crippen LogP contribution in [0.1, 0.15) is 15.9 Å². The Morgan fingerprint density at radius 1 is 1.19 bits per heavy atom. The molecule has 0 saturated heterocycles. The van der Waals surface area contributed by atoms with Crippen molar-refractivity contribution in [2.45, 2.75) is 11.3 Å². The Bertz CT molecular complexity index is 1020. The summed E-state index contributed by atoms with van der Waals surface area (Å²) in [5.41, 5.74) is 1.76. The third-order valence-corrected chi connectivity index (χ3v) is 5.56. The lowest BCUT2D eigenvalue weighted by Crippen LogP contribution is -2.22. The number of benzene rings is 2. The summed E-state index contributed by atoms with van der Waals surface area (Å²) in [6, 6.07) is 8.75. The quantitative estimate of drug-likeness (QED) is 0.833. The standard InChI is InChI=1S/C17H16ClN3O4S/c1-21(2)17(23)13-5-3-11(9-14(13)18)20-26(24,25)12-4-6-15-10(7-12)8-16(22)19-15/h3-7,9,20H,8H2,1-2H3,(H,19,22). The van der Waals surface area contributed by atoms with Gasteiger partial charge in [-0.2, -0.15) is 0 Å². The van der Waals surface area contributed by atoms with Crippen LogP contribution in [-0.4, -0.2) is 39.2 Å². The second-order valence-corrected chi connectivity index (χ2v) is 8.13. The predicted molar refractivity (Wildman–Crippen MR) is 99.1 cm³/mol. The molecule has 26 heavy (non-hydrogen) atoms. The van der Waals surface area contributed by atoms with Crippen LogP contribution in [0.3, 0.4) is 0 Å². The Labute approximate surface area is 156 Å². The van der Waals surface area contributed by atoms with Gasteiger partial charge in [0.25, 0.3) is 15.9 Å². The van der Waals surface area contributed by atoms with E-state index in [2.05, 4.69) is 10.0 Å². The van der Waals surface area contributed by atoms with Gasteiger partial charge in [0.05, 0.1) is 27.6 Å². The van der Waals surface area contributed by atoms with Gasteiger partial charge < -0.3 is 10.2 Å². The molecule has 0 spiro atoms. The first-order valence-electron chi connectivity index (χ1n) is 7.64. The molecule has 2 aromatic carbocycles. The summed E-state index contributed by atoms with van der Waals surface area (Å²) in [4.78, 5) is 24.8. The highest BCUT2D eigenvalue weighted by molar-refractivity contribution is 7.92. The van der Waals surface area contributed by atoms with Crippen LogP contribution in [0.15, 0.2) is 41.3 Å². The zero-order valence-corrected chi connectivity index (χ0v) is 15.6. The minimum atomic E-state index is -3.86. The molecule has 0 unspecified atom stereocenters. The van der Waals surface area contributed by atoms with Crippen LogP contribution in [0.5, 0.6) is 0 Å². The average molecular weight is 394 g/mol. The molecule has 0 bridgehead atoms. The van der Waals surface area contributed by atoms with Crippen molar-refractivity contribution in [2.75, 3.05) is 24.1 Å². The molecule has 3 rings (SSSR count). The van der Waals surface area contributed by atoms with Crippen LogP contribution in [-0.2, 0) is 21.2 Å². The monoisotopic (exact) mass is 393 g/mol. The Morgan fingerprint density at radius 2 is 1.92 bits per heavy atom. The second kappa shape index (κ2) is 6.62. The maximum atomic E-state index is 12.6. The zero-order valence-electron chi connectivity index (χ0n) is 14.0. The maximum absolute atomic E-state index is 12.6. The van der Waals surface area contributed by atoms with Crippen LogP contribution in [0.2, 0.25) is 5.02 Å². The molecule has 2 amide bonds. The highest BCUT2D eigenvalue weighted by Crippen LogP contribution is 2.28. The number of sulfonamides is 1. The molecule has 9 heteroatoms. The van der Waals surface area contributed by atoms with Crippen LogP contribution in [0.25, 0.3) is 0 Å². The maximum Gasteiger partial charge on any atom is 0.261 e. The third-order valence-electron chi connectivity index (χ3n) is 3.87. The van der Waals surface area contributed by atoms with E-state index in [4.69, 9.17) is 11.6 Å². The third kappa shape index (κ3) is 3.51. The van der Waals surface area contributed by atoms with Gasteiger partial charge in [-0.25, -0.2) is 8.42 Å². The van der Waals surface area contributed by atoms with Crippen molar-refractivity contribution in [1.29, 1.82) is 0 Å². The van der Waals surface area contributed by atoms with Crippen molar-refractivity contribution in [2.24, 2.45) is 0 Å². The Balaban J connectivity index is 1.86. The lowest BCUT2D eigenvalue weighted by atomic mass is 10.2. The van der Waals surface area contributed by atoms with E-state index in [1.807, 2.05) is 0 Å². The van der Waals surface area contributed by atoms with Gasteiger partial charge in [-0.1, -0.05) is 11.6 Å². The van der Waals surface area contributed by atoms with Crippen molar-refractivity contribution < 1.29 is 18.0 Å². The lowest BCUT2D eigenvalue weighted by Gasteiger charge is -2.13. The molecule has 0 atom stereocenters. The van der Waals surface area contributed by atoms with Gasteiger partial charge in [0.2, 0.25) is 5.91 Å². The number of anilines is 2. The van der Waals surface area contributed by atoms with E-state index in [0.29, 0.717) is 11.3 Å². The second-order valence-electron chi connectivity index (χ2n) is 6.04. The van der Waals surface area contributed by atoms with E-state index < -0.39 is 10.0 Å². The number of carbonyl (C=O) groups is 2. The van der Waals surface area contributed by atoms with Gasteiger partial charge in [-0.05, 0) is 42.0 Å². The first kappa shape index (κ1) is 18.2. The molecule has 0 fully saturated rings. The summed E-state index contributed by atoms with van der Waals surface area (Å²) in [7, 11) is -0.662. The summed E-state index contributed by atoms with van der Waals surface area (Å²) in [6.07, 6.45) is 0.145. The summed E-state index contributed by atoms with van der Waals surface area (Å²) >= 11 is 6.11. The van der Waals surface area contributed by atoms with Gasteiger partial charge in [0, 0.05) is 19.8 Å². The average Bonchev–Trinajstić information content (AvgIpc) is 2.93. The molecule has 0 radical (unpaired) electrons. The number of carbonyl (C=O) groups excluding carboxylic acids is 2. The fourth-order valence-electron chi connectivity index (χ4n) is 2.58. The fraction of sp³-hybridized carbons (Fsp3) is 0.176. The molecule has 1 aliphatic rings. The number of nitrogens with one attached hydrogen (secondary N) is 2. The number of hydrogen-bond acceptors (Lipinski definition) is 4. The SMILES string of the molecule is CN(C)C(=O)c1ccc(NS(=O)(=O)c2ccc3c(c2)CC(=O)N3)cc1Cl. The molecule has 2 N–H and O–H groups in total. The number of amides is 2. The van der Waals surface area contributed by atoms with Crippen LogP contribution < -0.4 is 10.0 Å². The molecular weight excluding hydrogens is 378 g/mol. The summed E-state index contributed by atoms with van der Waals surface area (Å²) in [6.45, 7) is 0. The van der Waals surface area contributed by atoms with Crippen LogP contribution in [0, 0.1) is 0 Å². The van der Waals surface area contributed by atoms with Crippen molar-refractivity contribution in [3.05, 3.63) is 52.5 Å². The summed E-state index contributed by atoms with van der Waals surface area (Å²) < 4.78 is 27.6. The molecule has 7 nitrogen and oxygen atoms in total. The highest BCUT2D eigenvalue weighted by atomic mass is 35.5. The molecule has 1 aliphatic heterocycles. The summed E-state index contributed by atoms with van der Waals surface area (Å²) in [5, 5.41) is 2.80. The van der Waals surface area contributed by atoms with E-state index in [0.717, 1.165) is 0 Å². The number of halogens is 1. The van der Waals surface area contributed by atoms with Crippen molar-refractivity contribution in [3.63, 3.8) is 0 Å². The van der Waals surface area contributed by atoms with Crippen LogP contribution in [0.4, 0.5) is 11.4 Å². The van der Waals surface area contributed by atoms with E-state index in [9.17, 15) is 18.0 Å². The molecule has 2 aromatic rings. The highest BCUT2D eigenvalue weighted by Gasteiger charge is 2.22. The molecule has 0 saturated carbocycles. The Kier molecular flexibility index (Phi) is 4.64. The molecular formula is C17H16ClN3O4S. The zero-order chi connectivity index (χ0) is 19.1. The van der Waals surface area contributed by atoms with Gasteiger partial charge >= 0.3 is 0 Å². The van der Waals surface area contributed by atoms with Gasteiger partial charge in [-0.15, -0.1) is 0 Å². The number of nitrogens with zero attached hydrogens (tertiary/aromatic N) is 1. The normalized spacial score (nSPS) is 13.1. The minimum absolute atomic E-state index is 0.0392. The van der Waals surface area contributed by atoms with Gasteiger partial charge in [0.15, 0.2) is 0 Å². The van der Waals surface area contributed by atoms with Crippen molar-refractivity contribution in [3.8, 4) is 0 Å². The lowest BCUT2D eigenvalue weighted by molar-refractivity contribution is -0.115. The molecule has 0 aliphatic carbocycles. The number of fused-ring (bicyclic) bond motifs is 1.